The fourth-order valence-corrected chi connectivity index (χ4v) is 3.76. The van der Waals surface area contributed by atoms with Crippen LogP contribution < -0.4 is 5.32 Å². The fraction of sp³-hybridized carbons (Fsp3) is 0.286. The van der Waals surface area contributed by atoms with Gasteiger partial charge in [-0.2, -0.15) is 0 Å². The van der Waals surface area contributed by atoms with Gasteiger partial charge in [-0.1, -0.05) is 41.6 Å². The molecular weight excluding hydrogens is 375 g/mol. The third-order valence-electron chi connectivity index (χ3n) is 4.62. The topological polar surface area (TPSA) is 59.8 Å². The van der Waals surface area contributed by atoms with Crippen LogP contribution in [0, 0.1) is 12.7 Å². The molecule has 1 aromatic heterocycles. The number of carbonyl (C=O) groups excluding carboxylic acids is 1. The van der Waals surface area contributed by atoms with Crippen molar-refractivity contribution in [3.63, 3.8) is 0 Å². The van der Waals surface area contributed by atoms with Crippen LogP contribution in [-0.4, -0.2) is 26.4 Å². The van der Waals surface area contributed by atoms with Crippen molar-refractivity contribution in [3.05, 3.63) is 65.5 Å². The van der Waals surface area contributed by atoms with Gasteiger partial charge >= 0.3 is 0 Å². The smallest absolute Gasteiger partial charge is 0.230 e. The van der Waals surface area contributed by atoms with E-state index in [-0.39, 0.29) is 17.5 Å². The van der Waals surface area contributed by atoms with E-state index in [4.69, 9.17) is 0 Å². The molecule has 0 spiro atoms. The molecule has 0 aliphatic heterocycles. The zero-order valence-electron chi connectivity index (χ0n) is 15.6. The second-order valence-corrected chi connectivity index (χ2v) is 7.91. The van der Waals surface area contributed by atoms with Crippen LogP contribution in [0.15, 0.2) is 53.7 Å². The molecule has 1 saturated carbocycles. The number of carbonyl (C=O) groups is 1. The van der Waals surface area contributed by atoms with Gasteiger partial charge in [-0.05, 0) is 49.6 Å². The number of aromatic nitrogens is 3. The summed E-state index contributed by atoms with van der Waals surface area (Å²) in [5, 5.41) is 12.2. The standard InChI is InChI=1S/C21H21FN4OS/c1-14-2-4-15(5-3-14)12-23-19(27)13-28-21-25-24-20(26(21)18-10-11-18)16-6-8-17(22)9-7-16/h2-9,18H,10-13H2,1H3,(H,23,27). The number of amides is 1. The Labute approximate surface area is 167 Å². The van der Waals surface area contributed by atoms with Gasteiger partial charge in [-0.25, -0.2) is 4.39 Å². The van der Waals surface area contributed by atoms with Gasteiger partial charge in [-0.15, -0.1) is 10.2 Å². The number of aryl methyl sites for hydroxylation is 1. The van der Waals surface area contributed by atoms with E-state index in [1.54, 1.807) is 12.1 Å². The molecule has 5 nitrogen and oxygen atoms in total. The number of nitrogens with zero attached hydrogens (tertiary/aromatic N) is 3. The lowest BCUT2D eigenvalue weighted by Crippen LogP contribution is -2.24. The zero-order chi connectivity index (χ0) is 19.5. The molecule has 1 N–H and O–H groups in total. The molecule has 1 heterocycles. The van der Waals surface area contributed by atoms with Gasteiger partial charge in [0.25, 0.3) is 0 Å². The molecule has 1 amide bonds. The summed E-state index contributed by atoms with van der Waals surface area (Å²) < 4.78 is 15.3. The summed E-state index contributed by atoms with van der Waals surface area (Å²) in [6.07, 6.45) is 2.14. The van der Waals surface area contributed by atoms with Gasteiger partial charge in [0.2, 0.25) is 5.91 Å². The van der Waals surface area contributed by atoms with Gasteiger partial charge in [0.15, 0.2) is 11.0 Å². The summed E-state index contributed by atoms with van der Waals surface area (Å²) in [7, 11) is 0. The molecule has 0 unspecified atom stereocenters. The van der Waals surface area contributed by atoms with Crippen molar-refractivity contribution in [1.29, 1.82) is 0 Å². The minimum absolute atomic E-state index is 0.0424. The van der Waals surface area contributed by atoms with E-state index in [1.165, 1.54) is 29.5 Å². The number of thioether (sulfide) groups is 1. The van der Waals surface area contributed by atoms with Crippen molar-refractivity contribution in [2.24, 2.45) is 0 Å². The van der Waals surface area contributed by atoms with Crippen LogP contribution in [0.2, 0.25) is 0 Å². The highest BCUT2D eigenvalue weighted by Gasteiger charge is 2.30. The lowest BCUT2D eigenvalue weighted by atomic mass is 10.1. The van der Waals surface area contributed by atoms with Crippen molar-refractivity contribution in [3.8, 4) is 11.4 Å². The predicted octanol–water partition coefficient (Wildman–Crippen LogP) is 4.14. The Kier molecular flexibility index (Phi) is 5.43. The largest absolute Gasteiger partial charge is 0.351 e. The molecule has 0 atom stereocenters. The molecule has 2 aromatic carbocycles. The van der Waals surface area contributed by atoms with Crippen LogP contribution in [0.4, 0.5) is 4.39 Å². The molecular formula is C21H21FN4OS. The maximum atomic E-state index is 13.2. The van der Waals surface area contributed by atoms with E-state index < -0.39 is 0 Å². The van der Waals surface area contributed by atoms with Crippen molar-refractivity contribution in [2.75, 3.05) is 5.75 Å². The van der Waals surface area contributed by atoms with Crippen LogP contribution in [0.5, 0.6) is 0 Å². The van der Waals surface area contributed by atoms with Crippen LogP contribution in [0.25, 0.3) is 11.4 Å². The first kappa shape index (κ1) is 18.7. The van der Waals surface area contributed by atoms with Crippen LogP contribution in [0.3, 0.4) is 0 Å². The minimum atomic E-state index is -0.277. The second kappa shape index (κ2) is 8.14. The molecule has 1 aliphatic carbocycles. The molecule has 3 aromatic rings. The van der Waals surface area contributed by atoms with Crippen LogP contribution in [-0.2, 0) is 11.3 Å². The van der Waals surface area contributed by atoms with Gasteiger partial charge in [-0.3, -0.25) is 9.36 Å². The van der Waals surface area contributed by atoms with Gasteiger partial charge in [0, 0.05) is 18.2 Å². The van der Waals surface area contributed by atoms with Crippen molar-refractivity contribution >= 4 is 17.7 Å². The highest BCUT2D eigenvalue weighted by Crippen LogP contribution is 2.41. The van der Waals surface area contributed by atoms with E-state index in [9.17, 15) is 9.18 Å². The average molecular weight is 396 g/mol. The normalized spacial score (nSPS) is 13.5. The summed E-state index contributed by atoms with van der Waals surface area (Å²) in [5.74, 6) is 0.686. The van der Waals surface area contributed by atoms with Gasteiger partial charge < -0.3 is 5.32 Å². The molecule has 0 radical (unpaired) electrons. The SMILES string of the molecule is Cc1ccc(CNC(=O)CSc2nnc(-c3ccc(F)cc3)n2C2CC2)cc1. The van der Waals surface area contributed by atoms with E-state index in [2.05, 4.69) is 20.1 Å². The number of benzene rings is 2. The highest BCUT2D eigenvalue weighted by atomic mass is 32.2. The first-order valence-electron chi connectivity index (χ1n) is 9.26. The Bertz CT molecular complexity index is 965. The van der Waals surface area contributed by atoms with Crippen molar-refractivity contribution < 1.29 is 9.18 Å². The monoisotopic (exact) mass is 396 g/mol. The average Bonchev–Trinajstić information content (AvgIpc) is 3.46. The molecule has 144 valence electrons. The quantitative estimate of drug-likeness (QED) is 0.610. The summed E-state index contributed by atoms with van der Waals surface area (Å²) >= 11 is 1.38. The molecule has 28 heavy (non-hydrogen) atoms. The summed E-state index contributed by atoms with van der Waals surface area (Å²) in [6.45, 7) is 2.55. The maximum Gasteiger partial charge on any atom is 0.230 e. The van der Waals surface area contributed by atoms with Gasteiger partial charge in [0.05, 0.1) is 5.75 Å². The molecule has 4 rings (SSSR count). The van der Waals surface area contributed by atoms with Gasteiger partial charge in [0.1, 0.15) is 5.82 Å². The van der Waals surface area contributed by atoms with E-state index in [0.717, 1.165) is 34.9 Å². The maximum absolute atomic E-state index is 13.2. The summed E-state index contributed by atoms with van der Waals surface area (Å²) in [6, 6.07) is 14.7. The zero-order valence-corrected chi connectivity index (χ0v) is 16.4. The first-order chi connectivity index (χ1) is 13.6. The minimum Gasteiger partial charge on any atom is -0.351 e. The Balaban J connectivity index is 1.40. The predicted molar refractivity (Wildman–Crippen MR) is 107 cm³/mol. The Morgan fingerprint density at radius 2 is 1.86 bits per heavy atom. The van der Waals surface area contributed by atoms with E-state index in [0.29, 0.717) is 12.6 Å². The fourth-order valence-electron chi connectivity index (χ4n) is 2.92. The highest BCUT2D eigenvalue weighted by molar-refractivity contribution is 7.99. The molecule has 1 fully saturated rings. The Hall–Kier alpha value is -2.67. The first-order valence-corrected chi connectivity index (χ1v) is 10.2. The third kappa shape index (κ3) is 4.42. The number of hydrogen-bond donors (Lipinski definition) is 1. The molecule has 1 aliphatic rings. The van der Waals surface area contributed by atoms with Crippen molar-refractivity contribution in [1.82, 2.24) is 20.1 Å². The molecule has 0 bridgehead atoms. The Morgan fingerprint density at radius 1 is 1.14 bits per heavy atom. The number of hydrogen-bond acceptors (Lipinski definition) is 4. The number of halogens is 1. The molecule has 0 saturated heterocycles. The lowest BCUT2D eigenvalue weighted by Gasteiger charge is -2.09. The third-order valence-corrected chi connectivity index (χ3v) is 5.56. The number of rotatable bonds is 7. The van der Waals surface area contributed by atoms with Crippen LogP contribution >= 0.6 is 11.8 Å². The second-order valence-electron chi connectivity index (χ2n) is 6.97. The summed E-state index contributed by atoms with van der Waals surface area (Å²) in [4.78, 5) is 12.2. The Morgan fingerprint density at radius 3 is 2.54 bits per heavy atom. The summed E-state index contributed by atoms with van der Waals surface area (Å²) in [5.41, 5.74) is 3.10. The van der Waals surface area contributed by atoms with E-state index >= 15 is 0 Å². The van der Waals surface area contributed by atoms with E-state index in [1.807, 2.05) is 31.2 Å². The number of nitrogens with one attached hydrogen (secondary N) is 1. The molecule has 7 heteroatoms. The lowest BCUT2D eigenvalue weighted by molar-refractivity contribution is -0.118. The van der Waals surface area contributed by atoms with Crippen LogP contribution in [0.1, 0.15) is 30.0 Å². The van der Waals surface area contributed by atoms with Crippen molar-refractivity contribution in [2.45, 2.75) is 37.5 Å².